The SMILES string of the molecule is CCCCOc1ccc(C(N)=NO)c(Cl)c1. The number of nitrogens with two attached hydrogens (primary N) is 1. The van der Waals surface area contributed by atoms with E-state index < -0.39 is 0 Å². The molecule has 0 bridgehead atoms. The fraction of sp³-hybridized carbons (Fsp3) is 0.364. The maximum atomic E-state index is 8.53. The Balaban J connectivity index is 2.75. The van der Waals surface area contributed by atoms with Gasteiger partial charge in [0.05, 0.1) is 11.6 Å². The molecule has 4 nitrogen and oxygen atoms in total. The molecule has 0 heterocycles. The van der Waals surface area contributed by atoms with Gasteiger partial charge in [-0.05, 0) is 24.6 Å². The van der Waals surface area contributed by atoms with E-state index in [1.165, 1.54) is 0 Å². The van der Waals surface area contributed by atoms with E-state index in [4.69, 9.17) is 27.3 Å². The summed E-state index contributed by atoms with van der Waals surface area (Å²) in [5.74, 6) is 0.679. The molecule has 1 aromatic carbocycles. The molecule has 3 N–H and O–H groups in total. The number of nitrogens with zero attached hydrogens (tertiary/aromatic N) is 1. The molecule has 0 aliphatic rings. The first kappa shape index (κ1) is 12.6. The molecule has 0 fully saturated rings. The predicted octanol–water partition coefficient (Wildman–Crippen LogP) is 2.61. The third-order valence-electron chi connectivity index (χ3n) is 2.09. The van der Waals surface area contributed by atoms with E-state index in [9.17, 15) is 0 Å². The molecule has 1 aromatic rings. The molecule has 0 aliphatic heterocycles. The van der Waals surface area contributed by atoms with E-state index in [0.29, 0.717) is 22.9 Å². The van der Waals surface area contributed by atoms with Gasteiger partial charge >= 0.3 is 0 Å². The number of rotatable bonds is 5. The number of halogens is 1. The Hall–Kier alpha value is -1.42. The first-order valence-electron chi connectivity index (χ1n) is 5.09. The average Bonchev–Trinajstić information content (AvgIpc) is 2.29. The van der Waals surface area contributed by atoms with Crippen LogP contribution in [0.1, 0.15) is 25.3 Å². The first-order chi connectivity index (χ1) is 7.69. The summed E-state index contributed by atoms with van der Waals surface area (Å²) in [5.41, 5.74) is 5.93. The van der Waals surface area contributed by atoms with Crippen LogP contribution in [0.25, 0.3) is 0 Å². The van der Waals surface area contributed by atoms with E-state index >= 15 is 0 Å². The predicted molar refractivity (Wildman–Crippen MR) is 64.4 cm³/mol. The van der Waals surface area contributed by atoms with Crippen molar-refractivity contribution in [2.45, 2.75) is 19.8 Å². The van der Waals surface area contributed by atoms with Crippen molar-refractivity contribution in [3.05, 3.63) is 28.8 Å². The molecule has 0 atom stereocenters. The molecule has 0 saturated carbocycles. The molecule has 1 rings (SSSR count). The smallest absolute Gasteiger partial charge is 0.171 e. The van der Waals surface area contributed by atoms with Gasteiger partial charge < -0.3 is 15.7 Å². The standard InChI is InChI=1S/C11H15ClN2O2/c1-2-3-6-16-8-4-5-9(10(12)7-8)11(13)14-15/h4-5,7,15H,2-3,6H2,1H3,(H2,13,14). The summed E-state index contributed by atoms with van der Waals surface area (Å²) >= 11 is 5.96. The van der Waals surface area contributed by atoms with Gasteiger partial charge in [-0.15, -0.1) is 0 Å². The van der Waals surface area contributed by atoms with Gasteiger partial charge in [-0.2, -0.15) is 0 Å². The Labute approximate surface area is 99.7 Å². The van der Waals surface area contributed by atoms with Gasteiger partial charge in [-0.25, -0.2) is 0 Å². The minimum absolute atomic E-state index is 0.00916. The van der Waals surface area contributed by atoms with Crippen molar-refractivity contribution in [1.29, 1.82) is 0 Å². The van der Waals surface area contributed by atoms with Crippen LogP contribution in [0, 0.1) is 0 Å². The highest BCUT2D eigenvalue weighted by atomic mass is 35.5. The third-order valence-corrected chi connectivity index (χ3v) is 2.40. The topological polar surface area (TPSA) is 67.8 Å². The summed E-state index contributed by atoms with van der Waals surface area (Å²) in [4.78, 5) is 0. The van der Waals surface area contributed by atoms with E-state index in [0.717, 1.165) is 12.8 Å². The number of hydrogen-bond acceptors (Lipinski definition) is 3. The second-order valence-electron chi connectivity index (χ2n) is 3.33. The van der Waals surface area contributed by atoms with Gasteiger partial charge in [-0.3, -0.25) is 0 Å². The lowest BCUT2D eigenvalue weighted by Crippen LogP contribution is -2.13. The van der Waals surface area contributed by atoms with Crippen molar-refractivity contribution in [2.75, 3.05) is 6.61 Å². The summed E-state index contributed by atoms with van der Waals surface area (Å²) < 4.78 is 5.47. The lowest BCUT2D eigenvalue weighted by Gasteiger charge is -2.07. The lowest BCUT2D eigenvalue weighted by atomic mass is 10.2. The normalized spacial score (nSPS) is 11.5. The van der Waals surface area contributed by atoms with Gasteiger partial charge in [0.1, 0.15) is 5.75 Å². The number of benzene rings is 1. The Morgan fingerprint density at radius 1 is 1.56 bits per heavy atom. The minimum Gasteiger partial charge on any atom is -0.494 e. The number of ether oxygens (including phenoxy) is 1. The maximum absolute atomic E-state index is 8.53. The first-order valence-corrected chi connectivity index (χ1v) is 5.47. The zero-order valence-corrected chi connectivity index (χ0v) is 9.87. The molecule has 0 aromatic heterocycles. The highest BCUT2D eigenvalue weighted by Gasteiger charge is 2.06. The second kappa shape index (κ2) is 6.23. The van der Waals surface area contributed by atoms with Crippen molar-refractivity contribution in [3.63, 3.8) is 0 Å². The third kappa shape index (κ3) is 3.31. The van der Waals surface area contributed by atoms with E-state index in [2.05, 4.69) is 12.1 Å². The largest absolute Gasteiger partial charge is 0.494 e. The molecule has 0 aliphatic carbocycles. The quantitative estimate of drug-likeness (QED) is 0.274. The second-order valence-corrected chi connectivity index (χ2v) is 3.74. The van der Waals surface area contributed by atoms with Gasteiger partial charge in [0, 0.05) is 5.56 Å². The molecular weight excluding hydrogens is 228 g/mol. The Morgan fingerprint density at radius 3 is 2.88 bits per heavy atom. The van der Waals surface area contributed by atoms with Crippen LogP contribution < -0.4 is 10.5 Å². The number of oxime groups is 1. The summed E-state index contributed by atoms with van der Waals surface area (Å²) in [7, 11) is 0. The Kier molecular flexibility index (Phi) is 4.92. The summed E-state index contributed by atoms with van der Waals surface area (Å²) in [5, 5.41) is 11.8. The summed E-state index contributed by atoms with van der Waals surface area (Å²) in [6.07, 6.45) is 2.08. The molecule has 0 radical (unpaired) electrons. The van der Waals surface area contributed by atoms with Crippen molar-refractivity contribution in [3.8, 4) is 5.75 Å². The fourth-order valence-corrected chi connectivity index (χ4v) is 1.45. The number of amidine groups is 1. The van der Waals surface area contributed by atoms with Crippen molar-refractivity contribution in [1.82, 2.24) is 0 Å². The van der Waals surface area contributed by atoms with Crippen LogP contribution in [0.3, 0.4) is 0 Å². The van der Waals surface area contributed by atoms with Gasteiger partial charge in [0.15, 0.2) is 5.84 Å². The van der Waals surface area contributed by atoms with Crippen molar-refractivity contribution < 1.29 is 9.94 Å². The zero-order chi connectivity index (χ0) is 12.0. The van der Waals surface area contributed by atoms with Crippen LogP contribution in [0.15, 0.2) is 23.4 Å². The Bertz CT molecular complexity index is 380. The minimum atomic E-state index is -0.00916. The maximum Gasteiger partial charge on any atom is 0.171 e. The zero-order valence-electron chi connectivity index (χ0n) is 9.11. The molecule has 88 valence electrons. The van der Waals surface area contributed by atoms with E-state index in [1.54, 1.807) is 18.2 Å². The highest BCUT2D eigenvalue weighted by Crippen LogP contribution is 2.22. The van der Waals surface area contributed by atoms with Gasteiger partial charge in [0.2, 0.25) is 0 Å². The fourth-order valence-electron chi connectivity index (χ4n) is 1.18. The molecule has 16 heavy (non-hydrogen) atoms. The molecule has 0 amide bonds. The van der Waals surface area contributed by atoms with Crippen LogP contribution in [-0.2, 0) is 0 Å². The summed E-state index contributed by atoms with van der Waals surface area (Å²) in [6, 6.07) is 5.07. The number of unbranched alkanes of at least 4 members (excludes halogenated alkanes) is 1. The van der Waals surface area contributed by atoms with Gasteiger partial charge in [-0.1, -0.05) is 30.1 Å². The Morgan fingerprint density at radius 2 is 2.31 bits per heavy atom. The molecule has 0 unspecified atom stereocenters. The van der Waals surface area contributed by atoms with Crippen LogP contribution in [0.2, 0.25) is 5.02 Å². The van der Waals surface area contributed by atoms with E-state index in [-0.39, 0.29) is 5.84 Å². The molecular formula is C11H15ClN2O2. The van der Waals surface area contributed by atoms with Crippen LogP contribution >= 0.6 is 11.6 Å². The summed E-state index contributed by atoms with van der Waals surface area (Å²) in [6.45, 7) is 2.76. The number of hydrogen-bond donors (Lipinski definition) is 2. The van der Waals surface area contributed by atoms with Crippen LogP contribution in [0.5, 0.6) is 5.75 Å². The monoisotopic (exact) mass is 242 g/mol. The molecule has 0 spiro atoms. The van der Waals surface area contributed by atoms with Crippen molar-refractivity contribution in [2.24, 2.45) is 10.9 Å². The van der Waals surface area contributed by atoms with Crippen LogP contribution in [-0.4, -0.2) is 17.6 Å². The molecule has 0 saturated heterocycles. The van der Waals surface area contributed by atoms with Crippen molar-refractivity contribution >= 4 is 17.4 Å². The average molecular weight is 243 g/mol. The van der Waals surface area contributed by atoms with Crippen LogP contribution in [0.4, 0.5) is 0 Å². The van der Waals surface area contributed by atoms with Gasteiger partial charge in [0.25, 0.3) is 0 Å². The molecule has 5 heteroatoms. The van der Waals surface area contributed by atoms with E-state index in [1.807, 2.05) is 0 Å². The highest BCUT2D eigenvalue weighted by molar-refractivity contribution is 6.34. The lowest BCUT2D eigenvalue weighted by molar-refractivity contribution is 0.309.